The third kappa shape index (κ3) is 3.95. The molecule has 1 aromatic heterocycles. The molecule has 0 aliphatic heterocycles. The number of aromatic nitrogens is 2. The van der Waals surface area contributed by atoms with Gasteiger partial charge in [-0.05, 0) is 24.3 Å². The van der Waals surface area contributed by atoms with Crippen LogP contribution in [0.2, 0.25) is 0 Å². The number of nitrogens with zero attached hydrogens (tertiary/aromatic N) is 2. The van der Waals surface area contributed by atoms with E-state index in [0.717, 1.165) is 12.1 Å². The van der Waals surface area contributed by atoms with Crippen LogP contribution in [0.5, 0.6) is 0 Å². The summed E-state index contributed by atoms with van der Waals surface area (Å²) in [7, 11) is 0. The van der Waals surface area contributed by atoms with Gasteiger partial charge in [-0.1, -0.05) is 13.8 Å². The fourth-order valence-electron chi connectivity index (χ4n) is 1.46. The summed E-state index contributed by atoms with van der Waals surface area (Å²) < 4.78 is 25.9. The third-order valence-electron chi connectivity index (χ3n) is 2.63. The minimum Gasteiger partial charge on any atom is -0.339 e. The molecule has 110 valence electrons. The lowest BCUT2D eigenvalue weighted by molar-refractivity contribution is -0.118. The van der Waals surface area contributed by atoms with Crippen molar-refractivity contribution in [3.05, 3.63) is 42.0 Å². The van der Waals surface area contributed by atoms with Gasteiger partial charge in [0, 0.05) is 17.7 Å². The Kier molecular flexibility index (Phi) is 4.42. The smallest absolute Gasteiger partial charge is 0.228 e. The Morgan fingerprint density at radius 2 is 1.71 bits per heavy atom. The van der Waals surface area contributed by atoms with Crippen molar-refractivity contribution in [3.63, 3.8) is 0 Å². The predicted molar refractivity (Wildman–Crippen MR) is 75.1 cm³/mol. The van der Waals surface area contributed by atoms with Gasteiger partial charge in [-0.15, -0.1) is 10.2 Å². The summed E-state index contributed by atoms with van der Waals surface area (Å²) in [6.07, 6.45) is 0. The maximum atomic E-state index is 13.1. The minimum atomic E-state index is -0.950. The standard InChI is InChI=1S/C14H14F2N4O/c1-8(2)14(21)18-13-6-5-12(19-20-13)17-9-3-4-10(15)11(16)7-9/h3-8H,1-2H3,(H,17,19)(H,18,20,21). The first-order valence-electron chi connectivity index (χ1n) is 6.32. The van der Waals surface area contributed by atoms with Gasteiger partial charge in [0.2, 0.25) is 5.91 Å². The molecule has 0 atom stereocenters. The van der Waals surface area contributed by atoms with Crippen molar-refractivity contribution in [2.45, 2.75) is 13.8 Å². The molecule has 1 amide bonds. The van der Waals surface area contributed by atoms with Gasteiger partial charge >= 0.3 is 0 Å². The van der Waals surface area contributed by atoms with Crippen LogP contribution in [-0.2, 0) is 4.79 Å². The van der Waals surface area contributed by atoms with E-state index in [-0.39, 0.29) is 11.8 Å². The summed E-state index contributed by atoms with van der Waals surface area (Å²) in [5.74, 6) is -1.52. The monoisotopic (exact) mass is 292 g/mol. The SMILES string of the molecule is CC(C)C(=O)Nc1ccc(Nc2ccc(F)c(F)c2)nn1. The number of halogens is 2. The summed E-state index contributed by atoms with van der Waals surface area (Å²) in [6.45, 7) is 3.53. The number of anilines is 3. The quantitative estimate of drug-likeness (QED) is 0.908. The lowest BCUT2D eigenvalue weighted by atomic mass is 10.2. The first-order chi connectivity index (χ1) is 9.95. The molecule has 2 rings (SSSR count). The van der Waals surface area contributed by atoms with E-state index in [1.165, 1.54) is 6.07 Å². The van der Waals surface area contributed by atoms with Crippen molar-refractivity contribution in [1.82, 2.24) is 10.2 Å². The molecule has 2 aromatic rings. The normalized spacial score (nSPS) is 10.5. The van der Waals surface area contributed by atoms with E-state index >= 15 is 0 Å². The van der Waals surface area contributed by atoms with Crippen molar-refractivity contribution in [1.29, 1.82) is 0 Å². The van der Waals surface area contributed by atoms with Crippen LogP contribution >= 0.6 is 0 Å². The molecule has 1 aromatic carbocycles. The van der Waals surface area contributed by atoms with Crippen LogP contribution in [-0.4, -0.2) is 16.1 Å². The lowest BCUT2D eigenvalue weighted by Crippen LogP contribution is -2.18. The predicted octanol–water partition coefficient (Wildman–Crippen LogP) is 3.09. The van der Waals surface area contributed by atoms with Crippen molar-refractivity contribution in [2.24, 2.45) is 5.92 Å². The number of benzene rings is 1. The molecule has 0 saturated heterocycles. The Hall–Kier alpha value is -2.57. The Bertz CT molecular complexity index is 644. The van der Waals surface area contributed by atoms with Crippen LogP contribution in [0.15, 0.2) is 30.3 Å². The molecule has 0 aliphatic rings. The number of amides is 1. The second-order valence-electron chi connectivity index (χ2n) is 4.70. The summed E-state index contributed by atoms with van der Waals surface area (Å²) in [5, 5.41) is 13.1. The van der Waals surface area contributed by atoms with Crippen molar-refractivity contribution >= 4 is 23.2 Å². The molecule has 5 nitrogen and oxygen atoms in total. The van der Waals surface area contributed by atoms with E-state index in [4.69, 9.17) is 0 Å². The van der Waals surface area contributed by atoms with Crippen LogP contribution < -0.4 is 10.6 Å². The number of nitrogens with one attached hydrogen (secondary N) is 2. The molecule has 0 radical (unpaired) electrons. The molecule has 21 heavy (non-hydrogen) atoms. The topological polar surface area (TPSA) is 66.9 Å². The van der Waals surface area contributed by atoms with Gasteiger partial charge in [-0.25, -0.2) is 8.78 Å². The molecule has 7 heteroatoms. The van der Waals surface area contributed by atoms with E-state index in [1.54, 1.807) is 26.0 Å². The second kappa shape index (κ2) is 6.25. The summed E-state index contributed by atoms with van der Waals surface area (Å²) in [6, 6.07) is 6.56. The van der Waals surface area contributed by atoms with Gasteiger partial charge in [0.15, 0.2) is 23.3 Å². The highest BCUT2D eigenvalue weighted by atomic mass is 19.2. The van der Waals surface area contributed by atoms with Crippen LogP contribution in [0.4, 0.5) is 26.1 Å². The highest BCUT2D eigenvalue weighted by Gasteiger charge is 2.08. The highest BCUT2D eigenvalue weighted by Crippen LogP contribution is 2.17. The van der Waals surface area contributed by atoms with Gasteiger partial charge in [0.1, 0.15) is 0 Å². The molecular formula is C14H14F2N4O. The van der Waals surface area contributed by atoms with Crippen LogP contribution in [0.3, 0.4) is 0 Å². The van der Waals surface area contributed by atoms with Gasteiger partial charge < -0.3 is 10.6 Å². The summed E-state index contributed by atoms with van der Waals surface area (Å²) >= 11 is 0. The number of rotatable bonds is 4. The molecule has 2 N–H and O–H groups in total. The molecule has 0 unspecified atom stereocenters. The first kappa shape index (κ1) is 14.8. The van der Waals surface area contributed by atoms with Gasteiger partial charge in [-0.2, -0.15) is 0 Å². The zero-order valence-corrected chi connectivity index (χ0v) is 11.5. The Labute approximate surface area is 120 Å². The van der Waals surface area contributed by atoms with Gasteiger partial charge in [0.05, 0.1) is 0 Å². The minimum absolute atomic E-state index is 0.160. The molecule has 1 heterocycles. The van der Waals surface area contributed by atoms with Crippen molar-refractivity contribution < 1.29 is 13.6 Å². The third-order valence-corrected chi connectivity index (χ3v) is 2.63. The van der Waals surface area contributed by atoms with E-state index < -0.39 is 11.6 Å². The van der Waals surface area contributed by atoms with Crippen LogP contribution in [0.1, 0.15) is 13.8 Å². The average molecular weight is 292 g/mol. The number of carbonyl (C=O) groups is 1. The molecule has 0 bridgehead atoms. The van der Waals surface area contributed by atoms with Gasteiger partial charge in [-0.3, -0.25) is 4.79 Å². The van der Waals surface area contributed by atoms with E-state index in [0.29, 0.717) is 17.3 Å². The van der Waals surface area contributed by atoms with Crippen molar-refractivity contribution in [2.75, 3.05) is 10.6 Å². The van der Waals surface area contributed by atoms with E-state index in [1.807, 2.05) is 0 Å². The number of carbonyl (C=O) groups excluding carboxylic acids is 1. The number of hydrogen-bond acceptors (Lipinski definition) is 4. The maximum absolute atomic E-state index is 13.1. The summed E-state index contributed by atoms with van der Waals surface area (Å²) in [5.41, 5.74) is 0.349. The maximum Gasteiger partial charge on any atom is 0.228 e. The zero-order valence-electron chi connectivity index (χ0n) is 11.5. The summed E-state index contributed by atoms with van der Waals surface area (Å²) in [4.78, 5) is 11.5. The van der Waals surface area contributed by atoms with E-state index in [2.05, 4.69) is 20.8 Å². The zero-order chi connectivity index (χ0) is 15.4. The average Bonchev–Trinajstić information content (AvgIpc) is 2.45. The van der Waals surface area contributed by atoms with Crippen LogP contribution in [0.25, 0.3) is 0 Å². The largest absolute Gasteiger partial charge is 0.339 e. The molecular weight excluding hydrogens is 278 g/mol. The molecule has 0 fully saturated rings. The van der Waals surface area contributed by atoms with Gasteiger partial charge in [0.25, 0.3) is 0 Å². The first-order valence-corrected chi connectivity index (χ1v) is 6.32. The Balaban J connectivity index is 2.05. The number of hydrogen-bond donors (Lipinski definition) is 2. The van der Waals surface area contributed by atoms with Crippen molar-refractivity contribution in [3.8, 4) is 0 Å². The Morgan fingerprint density at radius 3 is 2.29 bits per heavy atom. The highest BCUT2D eigenvalue weighted by molar-refractivity contribution is 5.91. The molecule has 0 saturated carbocycles. The second-order valence-corrected chi connectivity index (χ2v) is 4.70. The fourth-order valence-corrected chi connectivity index (χ4v) is 1.46. The molecule has 0 aliphatic carbocycles. The van der Waals surface area contributed by atoms with E-state index in [9.17, 15) is 13.6 Å². The Morgan fingerprint density at radius 1 is 1.05 bits per heavy atom. The van der Waals surface area contributed by atoms with Crippen LogP contribution in [0, 0.1) is 17.6 Å². The lowest BCUT2D eigenvalue weighted by Gasteiger charge is -2.08. The fraction of sp³-hybridized carbons (Fsp3) is 0.214. The molecule has 0 spiro atoms.